The van der Waals surface area contributed by atoms with Gasteiger partial charge in [-0.3, -0.25) is 4.79 Å². The van der Waals surface area contributed by atoms with Gasteiger partial charge in [0.25, 0.3) is 5.56 Å². The molecule has 0 amide bonds. The van der Waals surface area contributed by atoms with Gasteiger partial charge in [-0.25, -0.2) is 4.52 Å². The maximum Gasteiger partial charge on any atom is 0.293 e. The summed E-state index contributed by atoms with van der Waals surface area (Å²) in [7, 11) is 0. The van der Waals surface area contributed by atoms with Crippen LogP contribution in [0.15, 0.2) is 16.9 Å². The summed E-state index contributed by atoms with van der Waals surface area (Å²) in [4.78, 5) is 14.8. The second kappa shape index (κ2) is 3.38. The molecule has 4 nitrogen and oxygen atoms in total. The zero-order valence-electron chi connectivity index (χ0n) is 6.54. The van der Waals surface area contributed by atoms with Gasteiger partial charge in [-0.15, -0.1) is 0 Å². The molecule has 14 heavy (non-hydrogen) atoms. The zero-order valence-corrected chi connectivity index (χ0v) is 8.81. The number of aromatic nitrogens is 3. The molecule has 0 radical (unpaired) electrons. The van der Waals surface area contributed by atoms with E-state index in [1.807, 2.05) is 0 Å². The lowest BCUT2D eigenvalue weighted by Gasteiger charge is -2.02. The van der Waals surface area contributed by atoms with E-state index in [1.54, 1.807) is 0 Å². The zero-order chi connectivity index (χ0) is 10.3. The summed E-state index contributed by atoms with van der Waals surface area (Å²) in [5.74, 6) is 0. The molecule has 2 aromatic rings. The van der Waals surface area contributed by atoms with Crippen LogP contribution in [-0.4, -0.2) is 14.6 Å². The highest BCUT2D eigenvalue weighted by molar-refractivity contribution is 6.41. The van der Waals surface area contributed by atoms with E-state index in [0.717, 1.165) is 0 Å². The molecule has 0 aliphatic carbocycles. The van der Waals surface area contributed by atoms with Gasteiger partial charge in [0.05, 0.1) is 0 Å². The molecule has 0 fully saturated rings. The van der Waals surface area contributed by atoms with Crippen LogP contribution in [0.5, 0.6) is 0 Å². The van der Waals surface area contributed by atoms with E-state index in [4.69, 9.17) is 34.8 Å². The van der Waals surface area contributed by atoms with Gasteiger partial charge in [-0.2, -0.15) is 10.1 Å². The summed E-state index contributed by atoms with van der Waals surface area (Å²) < 4.78 is 1.20. The van der Waals surface area contributed by atoms with Gasteiger partial charge < -0.3 is 0 Å². The fraction of sp³-hybridized carbons (Fsp3) is 0. The van der Waals surface area contributed by atoms with Crippen molar-refractivity contribution in [2.24, 2.45) is 0 Å². The van der Waals surface area contributed by atoms with E-state index in [0.29, 0.717) is 5.65 Å². The Morgan fingerprint density at radius 2 is 1.93 bits per heavy atom. The summed E-state index contributed by atoms with van der Waals surface area (Å²) in [6.07, 6.45) is 0. The van der Waals surface area contributed by atoms with Crippen LogP contribution in [-0.2, 0) is 0 Å². The molecule has 0 unspecified atom stereocenters. The molecule has 0 bridgehead atoms. The van der Waals surface area contributed by atoms with Crippen molar-refractivity contribution in [3.05, 3.63) is 37.8 Å². The molecule has 0 aliphatic heterocycles. The van der Waals surface area contributed by atoms with Crippen molar-refractivity contribution in [1.82, 2.24) is 14.6 Å². The molecular formula is C7H2Cl3N3O. The molecule has 0 saturated heterocycles. The largest absolute Gasteiger partial charge is 0.293 e. The number of hydrogen-bond acceptors (Lipinski definition) is 3. The lowest BCUT2D eigenvalue weighted by Crippen LogP contribution is -2.12. The molecular weight excluding hydrogens is 248 g/mol. The van der Waals surface area contributed by atoms with Crippen molar-refractivity contribution >= 4 is 40.4 Å². The van der Waals surface area contributed by atoms with Crippen LogP contribution in [0, 0.1) is 0 Å². The minimum absolute atomic E-state index is 0.00386. The SMILES string of the molecule is O=c1nc2ccc(Cl)nn2c(Cl)c1Cl. The van der Waals surface area contributed by atoms with Crippen LogP contribution in [0.4, 0.5) is 0 Å². The maximum atomic E-state index is 11.1. The third kappa shape index (κ3) is 1.45. The fourth-order valence-electron chi connectivity index (χ4n) is 0.957. The van der Waals surface area contributed by atoms with E-state index in [9.17, 15) is 4.79 Å². The van der Waals surface area contributed by atoms with Crippen LogP contribution >= 0.6 is 34.8 Å². The highest BCUT2D eigenvalue weighted by Gasteiger charge is 2.09. The van der Waals surface area contributed by atoms with Gasteiger partial charge in [-0.05, 0) is 12.1 Å². The lowest BCUT2D eigenvalue weighted by molar-refractivity contribution is 0.896. The normalized spacial score (nSPS) is 10.8. The second-order valence-electron chi connectivity index (χ2n) is 2.45. The van der Waals surface area contributed by atoms with Crippen LogP contribution in [0.25, 0.3) is 5.65 Å². The Kier molecular flexibility index (Phi) is 2.34. The van der Waals surface area contributed by atoms with Gasteiger partial charge in [0.15, 0.2) is 10.8 Å². The third-order valence-electron chi connectivity index (χ3n) is 1.55. The van der Waals surface area contributed by atoms with E-state index in [1.165, 1.54) is 16.6 Å². The molecule has 72 valence electrons. The summed E-state index contributed by atoms with van der Waals surface area (Å²) in [5, 5.41) is 3.91. The van der Waals surface area contributed by atoms with E-state index in [-0.39, 0.29) is 15.3 Å². The van der Waals surface area contributed by atoms with Gasteiger partial charge in [0.2, 0.25) is 0 Å². The number of halogens is 3. The first-order valence-electron chi connectivity index (χ1n) is 3.50. The van der Waals surface area contributed by atoms with Crippen LogP contribution in [0.2, 0.25) is 15.3 Å². The lowest BCUT2D eigenvalue weighted by atomic mass is 10.5. The minimum Gasteiger partial charge on any atom is -0.266 e. The van der Waals surface area contributed by atoms with Crippen molar-refractivity contribution in [2.45, 2.75) is 0 Å². The highest BCUT2D eigenvalue weighted by atomic mass is 35.5. The van der Waals surface area contributed by atoms with Crippen LogP contribution in [0.1, 0.15) is 0 Å². The quantitative estimate of drug-likeness (QED) is 0.672. The van der Waals surface area contributed by atoms with Crippen molar-refractivity contribution in [2.75, 3.05) is 0 Å². The summed E-state index contributed by atoms with van der Waals surface area (Å²) >= 11 is 17.0. The highest BCUT2D eigenvalue weighted by Crippen LogP contribution is 2.17. The monoisotopic (exact) mass is 249 g/mol. The van der Waals surface area contributed by atoms with Crippen molar-refractivity contribution in [1.29, 1.82) is 0 Å². The van der Waals surface area contributed by atoms with E-state index < -0.39 is 5.56 Å². The van der Waals surface area contributed by atoms with Gasteiger partial charge in [-0.1, -0.05) is 34.8 Å². The first-order valence-corrected chi connectivity index (χ1v) is 4.63. The predicted molar refractivity (Wildman–Crippen MR) is 54.3 cm³/mol. The fourth-order valence-corrected chi connectivity index (χ4v) is 1.42. The Labute approximate surface area is 93.0 Å². The molecule has 2 aromatic heterocycles. The molecule has 0 atom stereocenters. The Bertz CT molecular complexity index is 566. The van der Waals surface area contributed by atoms with E-state index >= 15 is 0 Å². The number of nitrogens with zero attached hydrogens (tertiary/aromatic N) is 3. The number of hydrogen-bond donors (Lipinski definition) is 0. The Balaban J connectivity index is 2.99. The average molecular weight is 250 g/mol. The molecule has 2 rings (SSSR count). The number of fused-ring (bicyclic) bond motifs is 1. The molecule has 7 heteroatoms. The number of rotatable bonds is 0. The molecule has 0 N–H and O–H groups in total. The standard InChI is InChI=1S/C7H2Cl3N3O/c8-3-1-2-4-11-7(14)5(9)6(10)13(4)12-3/h1-2H. The topological polar surface area (TPSA) is 47.3 Å². The van der Waals surface area contributed by atoms with Crippen molar-refractivity contribution in [3.8, 4) is 0 Å². The first-order chi connectivity index (χ1) is 6.59. The third-order valence-corrected chi connectivity index (χ3v) is 2.54. The molecule has 0 saturated carbocycles. The van der Waals surface area contributed by atoms with E-state index in [2.05, 4.69) is 10.1 Å². The first kappa shape index (κ1) is 9.71. The Morgan fingerprint density at radius 3 is 2.64 bits per heavy atom. The smallest absolute Gasteiger partial charge is 0.266 e. The molecule has 0 spiro atoms. The summed E-state index contributed by atoms with van der Waals surface area (Å²) in [6, 6.07) is 3.03. The van der Waals surface area contributed by atoms with Gasteiger partial charge in [0.1, 0.15) is 10.2 Å². The minimum atomic E-state index is -0.583. The average Bonchev–Trinajstić information content (AvgIpc) is 2.16. The molecule has 0 aliphatic rings. The van der Waals surface area contributed by atoms with Crippen LogP contribution < -0.4 is 5.56 Å². The Morgan fingerprint density at radius 1 is 1.21 bits per heavy atom. The van der Waals surface area contributed by atoms with Crippen LogP contribution in [0.3, 0.4) is 0 Å². The Hall–Kier alpha value is -0.840. The predicted octanol–water partition coefficient (Wildman–Crippen LogP) is 2.05. The maximum absolute atomic E-state index is 11.1. The van der Waals surface area contributed by atoms with Crippen molar-refractivity contribution in [3.63, 3.8) is 0 Å². The van der Waals surface area contributed by atoms with Gasteiger partial charge >= 0.3 is 0 Å². The summed E-state index contributed by atoms with van der Waals surface area (Å²) in [5.41, 5.74) is -0.283. The molecule has 2 heterocycles. The van der Waals surface area contributed by atoms with Gasteiger partial charge in [0, 0.05) is 0 Å². The van der Waals surface area contributed by atoms with Crippen molar-refractivity contribution < 1.29 is 0 Å². The summed E-state index contributed by atoms with van der Waals surface area (Å²) in [6.45, 7) is 0. The second-order valence-corrected chi connectivity index (χ2v) is 3.57. The molecule has 0 aromatic carbocycles.